The molecule has 1 aromatic rings. The van der Waals surface area contributed by atoms with Gasteiger partial charge in [0.1, 0.15) is 12.4 Å². The fourth-order valence-electron chi connectivity index (χ4n) is 2.57. The van der Waals surface area contributed by atoms with Crippen molar-refractivity contribution in [3.63, 3.8) is 0 Å². The first-order valence-electron chi connectivity index (χ1n) is 8.18. The smallest absolute Gasteiger partial charge is 0.254 e. The van der Waals surface area contributed by atoms with E-state index in [4.69, 9.17) is 4.74 Å². The Morgan fingerprint density at radius 2 is 2.21 bits per heavy atom. The molecule has 1 N–H and O–H groups in total. The molecule has 2 amide bonds. The number of amides is 2. The predicted octanol–water partition coefficient (Wildman–Crippen LogP) is 2.46. The summed E-state index contributed by atoms with van der Waals surface area (Å²) in [5, 5.41) is 2.70. The van der Waals surface area contributed by atoms with Crippen LogP contribution in [0.1, 0.15) is 36.2 Å². The van der Waals surface area contributed by atoms with E-state index >= 15 is 0 Å². The second-order valence-corrected chi connectivity index (χ2v) is 5.66. The predicted molar refractivity (Wildman–Crippen MR) is 89.7 cm³/mol. The first-order chi connectivity index (χ1) is 11.6. The molecule has 2 rings (SSSR count). The standard InChI is InChI=1S/C18H23FN2O3/c1-3-13(10-19)12-24-15-5-6-16-14(9-15)7-8-21(18(16)23)11-17(22)20-4-2/h5-6,9-10H,3-4,7-8,11-12H2,1-2H3,(H,20,22)/b13-10+. The van der Waals surface area contributed by atoms with Crippen LogP contribution in [0.15, 0.2) is 30.1 Å². The van der Waals surface area contributed by atoms with Crippen molar-refractivity contribution in [2.24, 2.45) is 0 Å². The minimum absolute atomic E-state index is 0.0749. The van der Waals surface area contributed by atoms with Gasteiger partial charge in [-0.05, 0) is 49.1 Å². The molecule has 130 valence electrons. The lowest BCUT2D eigenvalue weighted by atomic mass is 9.98. The minimum Gasteiger partial charge on any atom is -0.489 e. The van der Waals surface area contributed by atoms with Crippen LogP contribution in [0.2, 0.25) is 0 Å². The molecule has 0 aliphatic carbocycles. The molecule has 0 unspecified atom stereocenters. The summed E-state index contributed by atoms with van der Waals surface area (Å²) < 4.78 is 18.1. The number of carbonyl (C=O) groups excluding carboxylic acids is 2. The number of benzene rings is 1. The highest BCUT2D eigenvalue weighted by atomic mass is 19.1. The van der Waals surface area contributed by atoms with Crippen LogP contribution in [-0.4, -0.2) is 43.0 Å². The van der Waals surface area contributed by atoms with E-state index in [-0.39, 0.29) is 25.0 Å². The number of ether oxygens (including phenoxy) is 1. The molecule has 0 fully saturated rings. The summed E-state index contributed by atoms with van der Waals surface area (Å²) in [7, 11) is 0. The van der Waals surface area contributed by atoms with E-state index in [2.05, 4.69) is 5.32 Å². The second-order valence-electron chi connectivity index (χ2n) is 5.66. The summed E-state index contributed by atoms with van der Waals surface area (Å²) in [6.45, 7) is 5.02. The summed E-state index contributed by atoms with van der Waals surface area (Å²) in [5.41, 5.74) is 2.07. The lowest BCUT2D eigenvalue weighted by molar-refractivity contribution is -0.121. The molecule has 1 heterocycles. The minimum atomic E-state index is -0.153. The van der Waals surface area contributed by atoms with Gasteiger partial charge in [-0.2, -0.15) is 0 Å². The van der Waals surface area contributed by atoms with E-state index in [0.29, 0.717) is 49.1 Å². The summed E-state index contributed by atoms with van der Waals surface area (Å²) in [4.78, 5) is 25.7. The van der Waals surface area contributed by atoms with Gasteiger partial charge in [-0.25, -0.2) is 4.39 Å². The molecule has 24 heavy (non-hydrogen) atoms. The van der Waals surface area contributed by atoms with E-state index in [0.717, 1.165) is 5.56 Å². The van der Waals surface area contributed by atoms with Crippen LogP contribution in [0, 0.1) is 0 Å². The molecule has 0 bridgehead atoms. The third kappa shape index (κ3) is 4.34. The molecule has 1 aromatic carbocycles. The maximum Gasteiger partial charge on any atom is 0.254 e. The topological polar surface area (TPSA) is 58.6 Å². The van der Waals surface area contributed by atoms with Gasteiger partial charge in [0.2, 0.25) is 5.91 Å². The van der Waals surface area contributed by atoms with Crippen LogP contribution in [0.25, 0.3) is 0 Å². The summed E-state index contributed by atoms with van der Waals surface area (Å²) in [5.74, 6) is 0.317. The van der Waals surface area contributed by atoms with Gasteiger partial charge in [0.05, 0.1) is 12.9 Å². The van der Waals surface area contributed by atoms with Crippen molar-refractivity contribution in [1.29, 1.82) is 0 Å². The summed E-state index contributed by atoms with van der Waals surface area (Å²) in [6.07, 6.45) is 1.83. The lowest BCUT2D eigenvalue weighted by Crippen LogP contribution is -2.44. The summed E-state index contributed by atoms with van der Waals surface area (Å²) >= 11 is 0. The zero-order valence-corrected chi connectivity index (χ0v) is 14.1. The zero-order chi connectivity index (χ0) is 17.5. The normalized spacial score (nSPS) is 14.4. The molecule has 0 radical (unpaired) electrons. The van der Waals surface area contributed by atoms with Gasteiger partial charge in [0.25, 0.3) is 5.91 Å². The Kier molecular flexibility index (Phi) is 6.35. The number of rotatable bonds is 7. The number of fused-ring (bicyclic) bond motifs is 1. The van der Waals surface area contributed by atoms with Gasteiger partial charge in [-0.1, -0.05) is 6.92 Å². The molecule has 0 spiro atoms. The fraction of sp³-hybridized carbons (Fsp3) is 0.444. The molecular weight excluding hydrogens is 311 g/mol. The monoisotopic (exact) mass is 334 g/mol. The Morgan fingerprint density at radius 1 is 1.42 bits per heavy atom. The highest BCUT2D eigenvalue weighted by Gasteiger charge is 2.26. The van der Waals surface area contributed by atoms with E-state index in [1.54, 1.807) is 17.0 Å². The van der Waals surface area contributed by atoms with E-state index < -0.39 is 0 Å². The molecule has 0 saturated heterocycles. The summed E-state index contributed by atoms with van der Waals surface area (Å²) in [6, 6.07) is 5.24. The lowest BCUT2D eigenvalue weighted by Gasteiger charge is -2.28. The van der Waals surface area contributed by atoms with Crippen LogP contribution in [-0.2, 0) is 11.2 Å². The SMILES string of the molecule is CCNC(=O)CN1CCc2cc(OC/C(=C/F)CC)ccc2C1=O. The van der Waals surface area contributed by atoms with Crippen molar-refractivity contribution in [2.75, 3.05) is 26.2 Å². The fourth-order valence-corrected chi connectivity index (χ4v) is 2.57. The molecule has 0 saturated carbocycles. The number of halogens is 1. The number of carbonyl (C=O) groups is 2. The largest absolute Gasteiger partial charge is 0.489 e. The van der Waals surface area contributed by atoms with Crippen molar-refractivity contribution in [3.05, 3.63) is 41.2 Å². The molecule has 1 aliphatic rings. The molecule has 5 nitrogen and oxygen atoms in total. The maximum atomic E-state index is 12.6. The van der Waals surface area contributed by atoms with Gasteiger partial charge >= 0.3 is 0 Å². The molecule has 0 aromatic heterocycles. The van der Waals surface area contributed by atoms with Crippen molar-refractivity contribution >= 4 is 11.8 Å². The van der Waals surface area contributed by atoms with E-state index in [1.165, 1.54) is 0 Å². The third-order valence-corrected chi connectivity index (χ3v) is 3.99. The molecule has 1 aliphatic heterocycles. The van der Waals surface area contributed by atoms with Gasteiger partial charge in [-0.3, -0.25) is 9.59 Å². The first kappa shape index (κ1) is 18.0. The van der Waals surface area contributed by atoms with Crippen molar-refractivity contribution in [2.45, 2.75) is 26.7 Å². The Bertz CT molecular complexity index is 643. The number of nitrogens with zero attached hydrogens (tertiary/aromatic N) is 1. The van der Waals surface area contributed by atoms with Crippen LogP contribution < -0.4 is 10.1 Å². The average Bonchev–Trinajstić information content (AvgIpc) is 2.58. The molecule has 6 heteroatoms. The number of likely N-dealkylation sites (N-methyl/N-ethyl adjacent to an activating group) is 1. The van der Waals surface area contributed by atoms with Gasteiger partial charge in [-0.15, -0.1) is 0 Å². The Morgan fingerprint density at radius 3 is 2.88 bits per heavy atom. The van der Waals surface area contributed by atoms with Crippen molar-refractivity contribution in [3.8, 4) is 5.75 Å². The van der Waals surface area contributed by atoms with E-state index in [9.17, 15) is 14.0 Å². The van der Waals surface area contributed by atoms with Crippen LogP contribution >= 0.6 is 0 Å². The third-order valence-electron chi connectivity index (χ3n) is 3.99. The highest BCUT2D eigenvalue weighted by Crippen LogP contribution is 2.24. The number of hydrogen-bond acceptors (Lipinski definition) is 3. The molecular formula is C18H23FN2O3. The van der Waals surface area contributed by atoms with Crippen LogP contribution in [0.5, 0.6) is 5.75 Å². The van der Waals surface area contributed by atoms with Crippen molar-refractivity contribution in [1.82, 2.24) is 10.2 Å². The maximum absolute atomic E-state index is 12.6. The van der Waals surface area contributed by atoms with Crippen LogP contribution in [0.4, 0.5) is 4.39 Å². The number of hydrogen-bond donors (Lipinski definition) is 1. The average molecular weight is 334 g/mol. The Labute approximate surface area is 141 Å². The van der Waals surface area contributed by atoms with Gasteiger partial charge in [0.15, 0.2) is 0 Å². The second kappa shape index (κ2) is 8.47. The van der Waals surface area contributed by atoms with Crippen LogP contribution in [0.3, 0.4) is 0 Å². The highest BCUT2D eigenvalue weighted by molar-refractivity contribution is 5.98. The van der Waals surface area contributed by atoms with Crippen molar-refractivity contribution < 1.29 is 18.7 Å². The Hall–Kier alpha value is -2.37. The Balaban J connectivity index is 2.04. The van der Waals surface area contributed by atoms with Gasteiger partial charge in [0, 0.05) is 18.7 Å². The molecule has 0 atom stereocenters. The van der Waals surface area contributed by atoms with E-state index in [1.807, 2.05) is 19.9 Å². The first-order valence-corrected chi connectivity index (χ1v) is 8.18. The number of nitrogens with one attached hydrogen (secondary N) is 1. The van der Waals surface area contributed by atoms with Gasteiger partial charge < -0.3 is 15.0 Å². The zero-order valence-electron chi connectivity index (χ0n) is 14.1. The quantitative estimate of drug-likeness (QED) is 0.833.